The number of halogens is 2. The molecular formula is C21H25BrClN3O2S2. The van der Waals surface area contributed by atoms with Crippen molar-refractivity contribution < 1.29 is 4.92 Å². The molecule has 1 N–H and O–H groups in total. The monoisotopic (exact) mass is 529 g/mol. The highest BCUT2D eigenvalue weighted by Gasteiger charge is 2.35. The molecule has 3 heterocycles. The molecule has 2 atom stereocenters. The van der Waals surface area contributed by atoms with Crippen molar-refractivity contribution in [1.82, 2.24) is 4.98 Å². The zero-order valence-electron chi connectivity index (χ0n) is 17.0. The Morgan fingerprint density at radius 1 is 1.33 bits per heavy atom. The normalized spacial score (nSPS) is 13.5. The lowest BCUT2D eigenvalue weighted by molar-refractivity contribution is -0.528. The molecule has 162 valence electrons. The van der Waals surface area contributed by atoms with Crippen molar-refractivity contribution in [1.29, 1.82) is 0 Å². The maximum atomic E-state index is 11.9. The van der Waals surface area contributed by atoms with Crippen LogP contribution in [-0.2, 0) is 6.54 Å². The van der Waals surface area contributed by atoms with Crippen molar-refractivity contribution in [2.24, 2.45) is 0 Å². The fourth-order valence-electron chi connectivity index (χ4n) is 3.66. The van der Waals surface area contributed by atoms with Crippen LogP contribution in [-0.4, -0.2) is 15.9 Å². The second-order valence-electron chi connectivity index (χ2n) is 7.27. The number of aromatic nitrogens is 1. The summed E-state index contributed by atoms with van der Waals surface area (Å²) in [6.45, 7) is 4.82. The van der Waals surface area contributed by atoms with Gasteiger partial charge in [-0.2, -0.15) is 0 Å². The lowest BCUT2D eigenvalue weighted by Crippen LogP contribution is -2.27. The molecule has 0 fully saturated rings. The smallest absolute Gasteiger partial charge is 0.220 e. The minimum absolute atomic E-state index is 0.100. The van der Waals surface area contributed by atoms with Crippen molar-refractivity contribution in [3.8, 4) is 0 Å². The van der Waals surface area contributed by atoms with Crippen LogP contribution in [0.15, 0.2) is 28.1 Å². The first-order valence-electron chi connectivity index (χ1n) is 10.1. The van der Waals surface area contributed by atoms with E-state index in [0.717, 1.165) is 50.9 Å². The van der Waals surface area contributed by atoms with E-state index in [-0.39, 0.29) is 10.8 Å². The fourth-order valence-corrected chi connectivity index (χ4v) is 6.77. The molecule has 30 heavy (non-hydrogen) atoms. The molecule has 0 radical (unpaired) electrons. The third kappa shape index (κ3) is 5.33. The first kappa shape index (κ1) is 23.4. The third-order valence-corrected chi connectivity index (χ3v) is 8.62. The molecule has 0 saturated carbocycles. The van der Waals surface area contributed by atoms with Gasteiger partial charge in [0.25, 0.3) is 0 Å². The van der Waals surface area contributed by atoms with Gasteiger partial charge in [-0.3, -0.25) is 10.1 Å². The van der Waals surface area contributed by atoms with E-state index in [9.17, 15) is 10.1 Å². The van der Waals surface area contributed by atoms with Gasteiger partial charge in [0.05, 0.1) is 26.3 Å². The zero-order valence-corrected chi connectivity index (χ0v) is 21.0. The Balaban J connectivity index is 2.04. The third-order valence-electron chi connectivity index (χ3n) is 5.14. The number of rotatable bonds is 11. The van der Waals surface area contributed by atoms with Crippen LogP contribution < -0.4 is 5.32 Å². The van der Waals surface area contributed by atoms with Gasteiger partial charge in [-0.1, -0.05) is 44.4 Å². The molecule has 3 aromatic rings. The van der Waals surface area contributed by atoms with E-state index >= 15 is 0 Å². The second kappa shape index (κ2) is 10.9. The number of fused-ring (bicyclic) bond motifs is 1. The van der Waals surface area contributed by atoms with E-state index in [0.29, 0.717) is 18.1 Å². The van der Waals surface area contributed by atoms with E-state index in [1.807, 2.05) is 19.1 Å². The number of pyridine rings is 1. The van der Waals surface area contributed by atoms with Crippen LogP contribution in [0.4, 0.5) is 5.69 Å². The highest BCUT2D eigenvalue weighted by atomic mass is 79.9. The maximum Gasteiger partial charge on any atom is 0.220 e. The Morgan fingerprint density at radius 2 is 2.13 bits per heavy atom. The van der Waals surface area contributed by atoms with Gasteiger partial charge < -0.3 is 5.32 Å². The van der Waals surface area contributed by atoms with Crippen molar-refractivity contribution in [2.75, 3.05) is 5.32 Å². The summed E-state index contributed by atoms with van der Waals surface area (Å²) in [6.07, 6.45) is 4.11. The predicted molar refractivity (Wildman–Crippen MR) is 132 cm³/mol. The van der Waals surface area contributed by atoms with Crippen LogP contribution in [0.25, 0.3) is 10.2 Å². The highest BCUT2D eigenvalue weighted by Crippen LogP contribution is 2.46. The molecule has 0 aliphatic carbocycles. The SMILES string of the molecule is CCCCC(c1sc2c(NCc3cccs3)cc(Cl)nc2c1Br)C(CCC)[N+](=O)[O-]. The lowest BCUT2D eigenvalue weighted by Gasteiger charge is -2.20. The molecule has 0 bridgehead atoms. The van der Waals surface area contributed by atoms with Gasteiger partial charge in [0, 0.05) is 33.7 Å². The number of thiophene rings is 2. The van der Waals surface area contributed by atoms with E-state index in [4.69, 9.17) is 11.6 Å². The van der Waals surface area contributed by atoms with Crippen molar-refractivity contribution >= 4 is 66.1 Å². The maximum absolute atomic E-state index is 11.9. The average Bonchev–Trinajstić information content (AvgIpc) is 3.34. The molecule has 0 spiro atoms. The largest absolute Gasteiger partial charge is 0.379 e. The number of hydrogen-bond acceptors (Lipinski definition) is 6. The van der Waals surface area contributed by atoms with Gasteiger partial charge >= 0.3 is 0 Å². The van der Waals surface area contributed by atoms with Gasteiger partial charge in [-0.15, -0.1) is 22.7 Å². The molecule has 0 saturated heterocycles. The van der Waals surface area contributed by atoms with Gasteiger partial charge in [0.1, 0.15) is 5.15 Å². The Bertz CT molecular complexity index is 994. The van der Waals surface area contributed by atoms with Crippen molar-refractivity contribution in [3.63, 3.8) is 0 Å². The van der Waals surface area contributed by atoms with Crippen LogP contribution >= 0.6 is 50.2 Å². The number of nitrogens with zero attached hydrogens (tertiary/aromatic N) is 2. The lowest BCUT2D eigenvalue weighted by atomic mass is 9.90. The number of nitrogens with one attached hydrogen (secondary N) is 1. The number of anilines is 1. The Kier molecular flexibility index (Phi) is 8.51. The summed E-state index contributed by atoms with van der Waals surface area (Å²) in [6, 6.07) is 5.35. The minimum atomic E-state index is -0.594. The summed E-state index contributed by atoms with van der Waals surface area (Å²) < 4.78 is 1.83. The molecular weight excluding hydrogens is 506 g/mol. The van der Waals surface area contributed by atoms with Crippen LogP contribution in [0.3, 0.4) is 0 Å². The number of nitro groups is 1. The molecule has 2 unspecified atom stereocenters. The first-order valence-corrected chi connectivity index (χ1v) is 13.0. The van der Waals surface area contributed by atoms with Crippen LogP contribution in [0, 0.1) is 10.1 Å². The molecule has 0 amide bonds. The predicted octanol–water partition coefficient (Wildman–Crippen LogP) is 8.11. The van der Waals surface area contributed by atoms with Crippen molar-refractivity contribution in [3.05, 3.63) is 53.1 Å². The van der Waals surface area contributed by atoms with Crippen LogP contribution in [0.1, 0.15) is 61.6 Å². The first-order chi connectivity index (χ1) is 14.5. The Labute approximate surface area is 198 Å². The van der Waals surface area contributed by atoms with Crippen molar-refractivity contribution in [2.45, 2.75) is 64.5 Å². The minimum Gasteiger partial charge on any atom is -0.379 e. The standard InChI is InChI=1S/C21H25BrClN3O2S2/c1-3-5-9-14(16(7-4-2)26(27)28)20-18(22)19-21(30-20)15(11-17(23)25-19)24-12-13-8-6-10-29-13/h6,8,10-11,14,16H,3-5,7,9,12H2,1-2H3,(H,24,25). The average molecular weight is 531 g/mol. The highest BCUT2D eigenvalue weighted by molar-refractivity contribution is 9.10. The van der Waals surface area contributed by atoms with Gasteiger partial charge in [-0.05, 0) is 40.2 Å². The van der Waals surface area contributed by atoms with E-state index in [1.165, 1.54) is 4.88 Å². The summed E-state index contributed by atoms with van der Waals surface area (Å²) in [5.41, 5.74) is 1.69. The topological polar surface area (TPSA) is 68.1 Å². The van der Waals surface area contributed by atoms with Crippen LogP contribution in [0.5, 0.6) is 0 Å². The summed E-state index contributed by atoms with van der Waals surface area (Å²) in [7, 11) is 0. The Hall–Kier alpha value is -1.22. The number of hydrogen-bond donors (Lipinski definition) is 1. The molecule has 3 aromatic heterocycles. The van der Waals surface area contributed by atoms with Crippen LogP contribution in [0.2, 0.25) is 5.15 Å². The fraction of sp³-hybridized carbons (Fsp3) is 0.476. The molecule has 0 aliphatic heterocycles. The van der Waals surface area contributed by atoms with Gasteiger partial charge in [-0.25, -0.2) is 4.98 Å². The molecule has 3 rings (SSSR count). The zero-order chi connectivity index (χ0) is 21.7. The van der Waals surface area contributed by atoms with E-state index in [1.54, 1.807) is 22.7 Å². The van der Waals surface area contributed by atoms with Gasteiger partial charge in [0.2, 0.25) is 6.04 Å². The molecule has 5 nitrogen and oxygen atoms in total. The molecule has 9 heteroatoms. The summed E-state index contributed by atoms with van der Waals surface area (Å²) in [4.78, 5) is 18.6. The Morgan fingerprint density at radius 3 is 2.77 bits per heavy atom. The van der Waals surface area contributed by atoms with Gasteiger partial charge in [0.15, 0.2) is 0 Å². The number of unbranched alkanes of at least 4 members (excludes halogenated alkanes) is 1. The summed E-state index contributed by atoms with van der Waals surface area (Å²) in [5, 5.41) is 17.8. The van der Waals surface area contributed by atoms with E-state index in [2.05, 4.69) is 44.6 Å². The summed E-state index contributed by atoms with van der Waals surface area (Å²) >= 11 is 13.3. The second-order valence-corrected chi connectivity index (χ2v) is 10.5. The summed E-state index contributed by atoms with van der Waals surface area (Å²) in [5.74, 6) is -0.141. The van der Waals surface area contributed by atoms with E-state index < -0.39 is 6.04 Å². The molecule has 0 aliphatic rings. The quantitative estimate of drug-likeness (QED) is 0.154. The molecule has 0 aromatic carbocycles.